The SMILES string of the molecule is COc1c(O)ccc(Br)c1N(SC)SC. The molecule has 0 heterocycles. The summed E-state index contributed by atoms with van der Waals surface area (Å²) in [5, 5.41) is 9.66. The Morgan fingerprint density at radius 3 is 2.40 bits per heavy atom. The lowest BCUT2D eigenvalue weighted by Gasteiger charge is -2.22. The minimum Gasteiger partial charge on any atom is -0.504 e. The van der Waals surface area contributed by atoms with Crippen molar-refractivity contribution in [1.29, 1.82) is 0 Å². The number of ether oxygens (including phenoxy) is 1. The number of nitrogens with zero attached hydrogens (tertiary/aromatic N) is 1. The maximum absolute atomic E-state index is 9.66. The van der Waals surface area contributed by atoms with Crippen LogP contribution in [0.2, 0.25) is 0 Å². The maximum atomic E-state index is 9.66. The largest absolute Gasteiger partial charge is 0.504 e. The molecular formula is C9H12BrNO2S2. The lowest BCUT2D eigenvalue weighted by molar-refractivity contribution is 0.375. The Labute approximate surface area is 107 Å². The first-order valence-corrected chi connectivity index (χ1v) is 7.25. The average Bonchev–Trinajstić information content (AvgIpc) is 2.25. The van der Waals surface area contributed by atoms with Crippen molar-refractivity contribution in [3.63, 3.8) is 0 Å². The molecule has 0 atom stereocenters. The lowest BCUT2D eigenvalue weighted by Crippen LogP contribution is -2.04. The number of phenols is 1. The molecule has 3 nitrogen and oxygen atoms in total. The summed E-state index contributed by atoms with van der Waals surface area (Å²) >= 11 is 6.55. The van der Waals surface area contributed by atoms with Crippen molar-refractivity contribution in [3.05, 3.63) is 16.6 Å². The van der Waals surface area contributed by atoms with E-state index in [2.05, 4.69) is 15.9 Å². The van der Waals surface area contributed by atoms with Crippen LogP contribution in [0, 0.1) is 0 Å². The van der Waals surface area contributed by atoms with Crippen molar-refractivity contribution in [2.24, 2.45) is 0 Å². The minimum absolute atomic E-state index is 0.142. The molecule has 1 N–H and O–H groups in total. The molecule has 0 aliphatic heterocycles. The molecule has 0 unspecified atom stereocenters. The van der Waals surface area contributed by atoms with Gasteiger partial charge in [-0.3, -0.25) is 3.71 Å². The fourth-order valence-electron chi connectivity index (χ4n) is 1.16. The van der Waals surface area contributed by atoms with Crippen molar-refractivity contribution in [2.45, 2.75) is 0 Å². The fraction of sp³-hybridized carbons (Fsp3) is 0.333. The van der Waals surface area contributed by atoms with Gasteiger partial charge < -0.3 is 9.84 Å². The van der Waals surface area contributed by atoms with Gasteiger partial charge in [0, 0.05) is 17.0 Å². The first-order chi connectivity index (χ1) is 7.15. The van der Waals surface area contributed by atoms with Gasteiger partial charge in [-0.05, 0) is 52.0 Å². The fourth-order valence-corrected chi connectivity index (χ4v) is 3.21. The summed E-state index contributed by atoms with van der Waals surface area (Å²) in [6, 6.07) is 3.40. The van der Waals surface area contributed by atoms with Crippen LogP contribution in [0.25, 0.3) is 0 Å². The Balaban J connectivity index is 3.29. The molecule has 0 aliphatic carbocycles. The number of hydrogen-bond acceptors (Lipinski definition) is 5. The van der Waals surface area contributed by atoms with Gasteiger partial charge in [-0.2, -0.15) is 0 Å². The Bertz CT molecular complexity index is 345. The predicted molar refractivity (Wildman–Crippen MR) is 71.9 cm³/mol. The minimum atomic E-state index is 0.142. The van der Waals surface area contributed by atoms with Crippen LogP contribution in [0.5, 0.6) is 11.5 Å². The van der Waals surface area contributed by atoms with Gasteiger partial charge in [0.1, 0.15) is 5.69 Å². The molecule has 0 radical (unpaired) electrons. The molecule has 6 heteroatoms. The molecule has 0 fully saturated rings. The van der Waals surface area contributed by atoms with Crippen LogP contribution < -0.4 is 8.45 Å². The van der Waals surface area contributed by atoms with Crippen molar-refractivity contribution >= 4 is 45.5 Å². The Kier molecular flexibility index (Phi) is 4.95. The van der Waals surface area contributed by atoms with Gasteiger partial charge in [0.25, 0.3) is 0 Å². The van der Waals surface area contributed by atoms with Gasteiger partial charge in [0.05, 0.1) is 7.11 Å². The van der Waals surface area contributed by atoms with Crippen LogP contribution in [0.1, 0.15) is 0 Å². The number of methoxy groups -OCH3 is 1. The average molecular weight is 310 g/mol. The molecular weight excluding hydrogens is 298 g/mol. The molecule has 0 aliphatic rings. The molecule has 0 amide bonds. The molecule has 0 aromatic heterocycles. The Morgan fingerprint density at radius 2 is 1.93 bits per heavy atom. The first-order valence-electron chi connectivity index (χ1n) is 4.09. The van der Waals surface area contributed by atoms with Crippen LogP contribution in [0.4, 0.5) is 5.69 Å². The van der Waals surface area contributed by atoms with Crippen molar-refractivity contribution in [3.8, 4) is 11.5 Å². The summed E-state index contributed by atoms with van der Waals surface area (Å²) in [6.07, 6.45) is 3.93. The summed E-state index contributed by atoms with van der Waals surface area (Å²) in [7, 11) is 1.55. The molecule has 1 aromatic rings. The van der Waals surface area contributed by atoms with Crippen molar-refractivity contribution < 1.29 is 9.84 Å². The maximum Gasteiger partial charge on any atom is 0.187 e. The van der Waals surface area contributed by atoms with Gasteiger partial charge >= 0.3 is 0 Å². The van der Waals surface area contributed by atoms with E-state index >= 15 is 0 Å². The second kappa shape index (κ2) is 5.77. The van der Waals surface area contributed by atoms with E-state index < -0.39 is 0 Å². The quantitative estimate of drug-likeness (QED) is 0.860. The van der Waals surface area contributed by atoms with Gasteiger partial charge in [0.15, 0.2) is 11.5 Å². The van der Waals surface area contributed by atoms with E-state index in [0.29, 0.717) is 5.75 Å². The molecule has 1 aromatic carbocycles. The third-order valence-electron chi connectivity index (χ3n) is 1.78. The highest BCUT2D eigenvalue weighted by atomic mass is 79.9. The number of halogens is 1. The van der Waals surface area contributed by atoms with E-state index in [1.165, 1.54) is 0 Å². The summed E-state index contributed by atoms with van der Waals surface area (Å²) in [5.41, 5.74) is 0.831. The van der Waals surface area contributed by atoms with E-state index in [1.54, 1.807) is 43.1 Å². The highest BCUT2D eigenvalue weighted by Crippen LogP contribution is 2.46. The van der Waals surface area contributed by atoms with E-state index in [4.69, 9.17) is 4.74 Å². The van der Waals surface area contributed by atoms with Crippen LogP contribution in [0.15, 0.2) is 16.6 Å². The van der Waals surface area contributed by atoms with E-state index in [1.807, 2.05) is 16.2 Å². The first kappa shape index (κ1) is 12.9. The topological polar surface area (TPSA) is 32.7 Å². The number of rotatable bonds is 4. The number of benzene rings is 1. The van der Waals surface area contributed by atoms with Gasteiger partial charge in [0.2, 0.25) is 0 Å². The van der Waals surface area contributed by atoms with Gasteiger partial charge in [-0.1, -0.05) is 0 Å². The Hall–Kier alpha value is -0.200. The van der Waals surface area contributed by atoms with Crippen LogP contribution in [0.3, 0.4) is 0 Å². The summed E-state index contributed by atoms with van der Waals surface area (Å²) in [6.45, 7) is 0. The van der Waals surface area contributed by atoms with Crippen LogP contribution in [-0.4, -0.2) is 24.7 Å². The number of aromatic hydroxyl groups is 1. The zero-order valence-electron chi connectivity index (χ0n) is 8.65. The summed E-state index contributed by atoms with van der Waals surface area (Å²) in [4.78, 5) is 0. The van der Waals surface area contributed by atoms with E-state index in [-0.39, 0.29) is 5.75 Å². The van der Waals surface area contributed by atoms with Gasteiger partial charge in [-0.25, -0.2) is 0 Å². The molecule has 0 spiro atoms. The molecule has 0 bridgehead atoms. The summed E-state index contributed by atoms with van der Waals surface area (Å²) < 4.78 is 8.04. The second-order valence-corrected chi connectivity index (χ2v) is 5.12. The molecule has 1 rings (SSSR count). The van der Waals surface area contributed by atoms with Gasteiger partial charge in [-0.15, -0.1) is 0 Å². The smallest absolute Gasteiger partial charge is 0.187 e. The number of hydrogen-bond donors (Lipinski definition) is 1. The molecule has 15 heavy (non-hydrogen) atoms. The van der Waals surface area contributed by atoms with Crippen molar-refractivity contribution in [2.75, 3.05) is 23.3 Å². The molecule has 0 saturated carbocycles. The second-order valence-electron chi connectivity index (χ2n) is 2.57. The van der Waals surface area contributed by atoms with Crippen molar-refractivity contribution in [1.82, 2.24) is 0 Å². The monoisotopic (exact) mass is 309 g/mol. The zero-order chi connectivity index (χ0) is 11.4. The third-order valence-corrected chi connectivity index (χ3v) is 4.34. The predicted octanol–water partition coefficient (Wildman–Crippen LogP) is 3.53. The zero-order valence-corrected chi connectivity index (χ0v) is 11.9. The Morgan fingerprint density at radius 1 is 1.33 bits per heavy atom. The van der Waals surface area contributed by atoms with Crippen LogP contribution in [-0.2, 0) is 0 Å². The number of phenolic OH excluding ortho intramolecular Hbond substituents is 1. The van der Waals surface area contributed by atoms with E-state index in [9.17, 15) is 5.11 Å². The van der Waals surface area contributed by atoms with E-state index in [0.717, 1.165) is 10.2 Å². The third kappa shape index (κ3) is 2.68. The highest BCUT2D eigenvalue weighted by Gasteiger charge is 2.18. The highest BCUT2D eigenvalue weighted by molar-refractivity contribution is 9.10. The molecule has 0 saturated heterocycles. The normalized spacial score (nSPS) is 10.1. The number of anilines is 1. The standard InChI is InChI=1S/C9H12BrNO2S2/c1-13-9-7(12)5-4-6(10)8(9)11(14-2)15-3/h4-5,12H,1-3H3. The summed E-state index contributed by atoms with van der Waals surface area (Å²) in [5.74, 6) is 0.622. The molecule has 84 valence electrons. The lowest BCUT2D eigenvalue weighted by atomic mass is 10.3. The van der Waals surface area contributed by atoms with Crippen LogP contribution >= 0.6 is 39.8 Å².